The molecule has 0 aromatic rings. The molecular formula is C16H36N2. The van der Waals surface area contributed by atoms with Crippen LogP contribution in [0.15, 0.2) is 0 Å². The van der Waals surface area contributed by atoms with Crippen molar-refractivity contribution in [2.24, 2.45) is 5.92 Å². The van der Waals surface area contributed by atoms with Crippen LogP contribution in [0.1, 0.15) is 67.2 Å². The second-order valence-electron chi connectivity index (χ2n) is 5.53. The zero-order valence-electron chi connectivity index (χ0n) is 13.6. The summed E-state index contributed by atoms with van der Waals surface area (Å²) in [6, 6.07) is 1.36. The summed E-state index contributed by atoms with van der Waals surface area (Å²) in [7, 11) is 0. The fourth-order valence-electron chi connectivity index (χ4n) is 2.83. The Bertz CT molecular complexity index is 176. The Hall–Kier alpha value is -0.0800. The summed E-state index contributed by atoms with van der Waals surface area (Å²) in [5.74, 6) is 0.808. The highest BCUT2D eigenvalue weighted by atomic mass is 15.2. The van der Waals surface area contributed by atoms with E-state index in [9.17, 15) is 0 Å². The van der Waals surface area contributed by atoms with E-state index in [2.05, 4.69) is 51.8 Å². The monoisotopic (exact) mass is 256 g/mol. The molecule has 0 spiro atoms. The van der Waals surface area contributed by atoms with Crippen molar-refractivity contribution in [1.29, 1.82) is 0 Å². The van der Waals surface area contributed by atoms with Crippen LogP contribution in [0.25, 0.3) is 0 Å². The van der Waals surface area contributed by atoms with Gasteiger partial charge in [-0.3, -0.25) is 4.90 Å². The summed E-state index contributed by atoms with van der Waals surface area (Å²) in [6.07, 6.45) is 5.10. The van der Waals surface area contributed by atoms with Gasteiger partial charge in [0.15, 0.2) is 0 Å². The van der Waals surface area contributed by atoms with E-state index in [0.29, 0.717) is 12.1 Å². The van der Waals surface area contributed by atoms with Crippen molar-refractivity contribution >= 4 is 0 Å². The molecule has 0 saturated carbocycles. The molecule has 18 heavy (non-hydrogen) atoms. The van der Waals surface area contributed by atoms with Gasteiger partial charge in [0.25, 0.3) is 0 Å². The van der Waals surface area contributed by atoms with Gasteiger partial charge in [-0.1, -0.05) is 54.4 Å². The Balaban J connectivity index is 4.63. The molecule has 0 aliphatic heterocycles. The van der Waals surface area contributed by atoms with Gasteiger partial charge in [-0.05, 0) is 31.8 Å². The van der Waals surface area contributed by atoms with Crippen LogP contribution in [-0.4, -0.2) is 36.6 Å². The lowest BCUT2D eigenvalue weighted by Crippen LogP contribution is -2.50. The van der Waals surface area contributed by atoms with Gasteiger partial charge in [0, 0.05) is 18.6 Å². The summed E-state index contributed by atoms with van der Waals surface area (Å²) in [5, 5.41) is 3.70. The van der Waals surface area contributed by atoms with E-state index in [0.717, 1.165) is 12.5 Å². The average Bonchev–Trinajstić information content (AvgIpc) is 2.38. The van der Waals surface area contributed by atoms with E-state index in [1.54, 1.807) is 0 Å². The molecule has 0 fully saturated rings. The second kappa shape index (κ2) is 10.8. The highest BCUT2D eigenvalue weighted by Crippen LogP contribution is 2.16. The minimum Gasteiger partial charge on any atom is -0.313 e. The number of hydrogen-bond donors (Lipinski definition) is 1. The van der Waals surface area contributed by atoms with E-state index < -0.39 is 0 Å². The number of hydrogen-bond acceptors (Lipinski definition) is 2. The van der Waals surface area contributed by atoms with Crippen LogP contribution in [-0.2, 0) is 0 Å². The number of rotatable bonds is 11. The molecule has 0 aliphatic carbocycles. The summed E-state index contributed by atoms with van der Waals surface area (Å²) in [5.41, 5.74) is 0. The Kier molecular flexibility index (Phi) is 10.8. The van der Waals surface area contributed by atoms with Gasteiger partial charge in [-0.2, -0.15) is 0 Å². The lowest BCUT2D eigenvalue weighted by Gasteiger charge is -2.38. The lowest BCUT2D eigenvalue weighted by atomic mass is 9.97. The van der Waals surface area contributed by atoms with Crippen molar-refractivity contribution < 1.29 is 0 Å². The molecule has 3 unspecified atom stereocenters. The molecule has 0 aromatic carbocycles. The van der Waals surface area contributed by atoms with E-state index in [4.69, 9.17) is 0 Å². The third kappa shape index (κ3) is 6.19. The van der Waals surface area contributed by atoms with E-state index in [1.165, 1.54) is 38.8 Å². The van der Waals surface area contributed by atoms with Gasteiger partial charge in [0.05, 0.1) is 0 Å². The van der Waals surface area contributed by atoms with Crippen LogP contribution in [0, 0.1) is 5.92 Å². The van der Waals surface area contributed by atoms with Crippen LogP contribution < -0.4 is 5.32 Å². The molecule has 2 nitrogen and oxygen atoms in total. The Morgan fingerprint density at radius 3 is 2.06 bits per heavy atom. The van der Waals surface area contributed by atoms with Gasteiger partial charge in [0.2, 0.25) is 0 Å². The Morgan fingerprint density at radius 2 is 1.67 bits per heavy atom. The molecule has 0 aromatic heterocycles. The third-order valence-corrected chi connectivity index (χ3v) is 4.07. The molecule has 0 heterocycles. The molecule has 0 aliphatic rings. The first-order valence-electron chi connectivity index (χ1n) is 8.11. The lowest BCUT2D eigenvalue weighted by molar-refractivity contribution is 0.134. The van der Waals surface area contributed by atoms with Crippen LogP contribution in [0.5, 0.6) is 0 Å². The van der Waals surface area contributed by atoms with Gasteiger partial charge in [-0.25, -0.2) is 0 Å². The van der Waals surface area contributed by atoms with Crippen molar-refractivity contribution in [2.75, 3.05) is 19.6 Å². The van der Waals surface area contributed by atoms with Crippen molar-refractivity contribution in [3.05, 3.63) is 0 Å². The normalized spacial score (nSPS) is 16.8. The first kappa shape index (κ1) is 17.9. The van der Waals surface area contributed by atoms with Gasteiger partial charge in [-0.15, -0.1) is 0 Å². The minimum atomic E-state index is 0.661. The largest absolute Gasteiger partial charge is 0.313 e. The number of nitrogens with one attached hydrogen (secondary N) is 1. The average molecular weight is 256 g/mol. The Labute approximate surface area is 116 Å². The number of nitrogens with zero attached hydrogens (tertiary/aromatic N) is 1. The maximum Gasteiger partial charge on any atom is 0.0246 e. The first-order chi connectivity index (χ1) is 8.64. The summed E-state index contributed by atoms with van der Waals surface area (Å²) < 4.78 is 0. The summed E-state index contributed by atoms with van der Waals surface area (Å²) in [6.45, 7) is 17.3. The van der Waals surface area contributed by atoms with Crippen molar-refractivity contribution in [1.82, 2.24) is 10.2 Å². The zero-order chi connectivity index (χ0) is 14.0. The predicted molar refractivity (Wildman–Crippen MR) is 83.2 cm³/mol. The molecule has 2 heteroatoms. The van der Waals surface area contributed by atoms with Crippen molar-refractivity contribution in [3.63, 3.8) is 0 Å². The third-order valence-electron chi connectivity index (χ3n) is 4.07. The van der Waals surface area contributed by atoms with Crippen LogP contribution in [0.4, 0.5) is 0 Å². The molecule has 0 bridgehead atoms. The van der Waals surface area contributed by atoms with Gasteiger partial charge in [0.1, 0.15) is 0 Å². The second-order valence-corrected chi connectivity index (χ2v) is 5.53. The van der Waals surface area contributed by atoms with Crippen molar-refractivity contribution in [2.45, 2.75) is 79.3 Å². The molecule has 110 valence electrons. The van der Waals surface area contributed by atoms with E-state index in [1.807, 2.05) is 0 Å². The summed E-state index contributed by atoms with van der Waals surface area (Å²) in [4.78, 5) is 2.69. The van der Waals surface area contributed by atoms with Gasteiger partial charge < -0.3 is 5.32 Å². The molecule has 1 N–H and O–H groups in total. The fourth-order valence-corrected chi connectivity index (χ4v) is 2.83. The number of likely N-dealkylation sites (N-methyl/N-ethyl adjacent to an activating group) is 2. The highest BCUT2D eigenvalue weighted by Gasteiger charge is 2.24. The van der Waals surface area contributed by atoms with Crippen LogP contribution in [0.3, 0.4) is 0 Å². The molecule has 0 saturated heterocycles. The maximum atomic E-state index is 3.70. The molecule has 3 atom stereocenters. The minimum absolute atomic E-state index is 0.661. The van der Waals surface area contributed by atoms with E-state index >= 15 is 0 Å². The highest BCUT2D eigenvalue weighted by molar-refractivity contribution is 4.83. The molecular weight excluding hydrogens is 220 g/mol. The van der Waals surface area contributed by atoms with Crippen molar-refractivity contribution in [3.8, 4) is 0 Å². The first-order valence-corrected chi connectivity index (χ1v) is 8.11. The quantitative estimate of drug-likeness (QED) is 0.603. The standard InChI is InChI=1S/C16H36N2/c1-7-12-15(17-10-4)16(9-3)18(11-5)13-14(6)8-2/h14-17H,7-13H2,1-6H3. The predicted octanol–water partition coefficient (Wildman–Crippen LogP) is 3.91. The SMILES string of the molecule is CCCC(NCC)C(CC)N(CC)CC(C)CC. The molecule has 0 rings (SSSR count). The molecule has 0 amide bonds. The topological polar surface area (TPSA) is 15.3 Å². The Morgan fingerprint density at radius 1 is 1.00 bits per heavy atom. The summed E-state index contributed by atoms with van der Waals surface area (Å²) >= 11 is 0. The van der Waals surface area contributed by atoms with Crippen LogP contribution in [0.2, 0.25) is 0 Å². The van der Waals surface area contributed by atoms with Crippen LogP contribution >= 0.6 is 0 Å². The van der Waals surface area contributed by atoms with Gasteiger partial charge >= 0.3 is 0 Å². The zero-order valence-corrected chi connectivity index (χ0v) is 13.6. The fraction of sp³-hybridized carbons (Fsp3) is 1.00. The smallest absolute Gasteiger partial charge is 0.0246 e. The maximum absolute atomic E-state index is 3.70. The molecule has 0 radical (unpaired) electrons. The van der Waals surface area contributed by atoms with E-state index in [-0.39, 0.29) is 0 Å².